The molecule has 0 aliphatic carbocycles. The van der Waals surface area contributed by atoms with Crippen LogP contribution in [-0.2, 0) is 18.3 Å². The van der Waals surface area contributed by atoms with E-state index in [-0.39, 0.29) is 11.7 Å². The number of carbonyl (C=O) groups is 2. The SMILES string of the molecule is CC(=O)NCCc1nnc(SCC(=O)c2ccc(Br)cc2)n1C. The second kappa shape index (κ2) is 8.26. The number of nitrogens with one attached hydrogen (secondary N) is 1. The topological polar surface area (TPSA) is 76.9 Å². The van der Waals surface area contributed by atoms with E-state index >= 15 is 0 Å². The molecule has 23 heavy (non-hydrogen) atoms. The quantitative estimate of drug-likeness (QED) is 0.573. The van der Waals surface area contributed by atoms with Gasteiger partial charge in [0.25, 0.3) is 0 Å². The van der Waals surface area contributed by atoms with E-state index in [1.54, 1.807) is 12.1 Å². The van der Waals surface area contributed by atoms with Gasteiger partial charge in [-0.3, -0.25) is 9.59 Å². The lowest BCUT2D eigenvalue weighted by molar-refractivity contribution is -0.118. The molecule has 0 atom stereocenters. The van der Waals surface area contributed by atoms with Crippen LogP contribution in [0, 0.1) is 0 Å². The van der Waals surface area contributed by atoms with Crippen LogP contribution in [0.2, 0.25) is 0 Å². The molecule has 0 bridgehead atoms. The number of ketones is 1. The normalized spacial score (nSPS) is 10.6. The number of rotatable bonds is 7. The Morgan fingerprint density at radius 1 is 1.26 bits per heavy atom. The van der Waals surface area contributed by atoms with E-state index in [1.165, 1.54) is 18.7 Å². The van der Waals surface area contributed by atoms with E-state index in [0.717, 1.165) is 10.3 Å². The molecule has 0 fully saturated rings. The third-order valence-corrected chi connectivity index (χ3v) is 4.70. The van der Waals surface area contributed by atoms with Crippen LogP contribution in [0.1, 0.15) is 23.1 Å². The summed E-state index contributed by atoms with van der Waals surface area (Å²) in [5.74, 6) is 1.06. The van der Waals surface area contributed by atoms with E-state index in [9.17, 15) is 9.59 Å². The minimum Gasteiger partial charge on any atom is -0.356 e. The van der Waals surface area contributed by atoms with E-state index in [0.29, 0.717) is 29.4 Å². The summed E-state index contributed by atoms with van der Waals surface area (Å²) in [6.07, 6.45) is 0.601. The molecule has 0 saturated carbocycles. The molecule has 0 aliphatic rings. The first-order chi connectivity index (χ1) is 11.0. The van der Waals surface area contributed by atoms with Crippen LogP contribution in [0.3, 0.4) is 0 Å². The third kappa shape index (κ3) is 5.18. The highest BCUT2D eigenvalue weighted by Gasteiger charge is 2.12. The summed E-state index contributed by atoms with van der Waals surface area (Å²) in [4.78, 5) is 23.0. The molecule has 1 amide bonds. The molecule has 1 aromatic carbocycles. The smallest absolute Gasteiger partial charge is 0.216 e. The van der Waals surface area contributed by atoms with Gasteiger partial charge in [-0.1, -0.05) is 39.8 Å². The van der Waals surface area contributed by atoms with Gasteiger partial charge in [0.05, 0.1) is 5.75 Å². The molecule has 6 nitrogen and oxygen atoms in total. The summed E-state index contributed by atoms with van der Waals surface area (Å²) in [6, 6.07) is 7.28. The highest BCUT2D eigenvalue weighted by molar-refractivity contribution is 9.10. The summed E-state index contributed by atoms with van der Waals surface area (Å²) in [5, 5.41) is 11.6. The molecule has 8 heteroatoms. The van der Waals surface area contributed by atoms with Crippen LogP contribution >= 0.6 is 27.7 Å². The fourth-order valence-electron chi connectivity index (χ4n) is 1.89. The third-order valence-electron chi connectivity index (χ3n) is 3.15. The number of benzene rings is 1. The lowest BCUT2D eigenvalue weighted by Crippen LogP contribution is -2.23. The van der Waals surface area contributed by atoms with Gasteiger partial charge in [-0.15, -0.1) is 10.2 Å². The Balaban J connectivity index is 1.90. The lowest BCUT2D eigenvalue weighted by atomic mass is 10.2. The zero-order valence-corrected chi connectivity index (χ0v) is 15.3. The summed E-state index contributed by atoms with van der Waals surface area (Å²) in [7, 11) is 1.86. The maximum atomic E-state index is 12.2. The molecule has 0 spiro atoms. The Morgan fingerprint density at radius 2 is 1.96 bits per heavy atom. The summed E-state index contributed by atoms with van der Waals surface area (Å²) < 4.78 is 2.79. The molecule has 122 valence electrons. The van der Waals surface area contributed by atoms with Crippen LogP contribution in [0.15, 0.2) is 33.9 Å². The van der Waals surface area contributed by atoms with Gasteiger partial charge in [-0.05, 0) is 12.1 Å². The first kappa shape index (κ1) is 17.7. The molecule has 1 heterocycles. The van der Waals surface area contributed by atoms with Crippen molar-refractivity contribution < 1.29 is 9.59 Å². The Bertz CT molecular complexity index is 700. The number of hydrogen-bond acceptors (Lipinski definition) is 5. The standard InChI is InChI=1S/C15H17BrN4O2S/c1-10(21)17-8-7-14-18-19-15(20(14)2)23-9-13(22)11-3-5-12(16)6-4-11/h3-6H,7-9H2,1-2H3,(H,17,21). The highest BCUT2D eigenvalue weighted by atomic mass is 79.9. The molecular formula is C15H17BrN4O2S. The molecule has 0 radical (unpaired) electrons. The minimum absolute atomic E-state index is 0.0466. The molecule has 0 aliphatic heterocycles. The first-order valence-electron chi connectivity index (χ1n) is 7.01. The maximum absolute atomic E-state index is 12.2. The highest BCUT2D eigenvalue weighted by Crippen LogP contribution is 2.18. The van der Waals surface area contributed by atoms with Gasteiger partial charge >= 0.3 is 0 Å². The van der Waals surface area contributed by atoms with Crippen LogP contribution < -0.4 is 5.32 Å². The minimum atomic E-state index is -0.0677. The van der Waals surface area contributed by atoms with Gasteiger partial charge in [-0.25, -0.2) is 0 Å². The van der Waals surface area contributed by atoms with Crippen molar-refractivity contribution in [1.29, 1.82) is 0 Å². The Morgan fingerprint density at radius 3 is 2.61 bits per heavy atom. The van der Waals surface area contributed by atoms with Crippen molar-refractivity contribution in [3.63, 3.8) is 0 Å². The zero-order chi connectivity index (χ0) is 16.8. The van der Waals surface area contributed by atoms with Crippen LogP contribution in [0.4, 0.5) is 0 Å². The van der Waals surface area contributed by atoms with E-state index in [4.69, 9.17) is 0 Å². The largest absolute Gasteiger partial charge is 0.356 e. The molecule has 1 aromatic heterocycles. The van der Waals surface area contributed by atoms with Crippen molar-refractivity contribution >= 4 is 39.4 Å². The van der Waals surface area contributed by atoms with Crippen molar-refractivity contribution in [2.24, 2.45) is 7.05 Å². The summed E-state index contributed by atoms with van der Waals surface area (Å²) in [5.41, 5.74) is 0.675. The fraction of sp³-hybridized carbons (Fsp3) is 0.333. The number of halogens is 1. The molecule has 0 saturated heterocycles. The van der Waals surface area contributed by atoms with Gasteiger partial charge < -0.3 is 9.88 Å². The van der Waals surface area contributed by atoms with E-state index in [2.05, 4.69) is 31.4 Å². The molecular weight excluding hydrogens is 380 g/mol. The zero-order valence-electron chi connectivity index (χ0n) is 12.9. The van der Waals surface area contributed by atoms with Gasteiger partial charge in [0.2, 0.25) is 5.91 Å². The molecule has 1 N–H and O–H groups in total. The number of Topliss-reactive ketones (excluding diaryl/α,β-unsaturated/α-hetero) is 1. The Labute approximate surface area is 147 Å². The van der Waals surface area contributed by atoms with Crippen LogP contribution in [-0.4, -0.2) is 38.8 Å². The number of carbonyl (C=O) groups excluding carboxylic acids is 2. The Hall–Kier alpha value is -1.67. The average molecular weight is 397 g/mol. The van der Waals surface area contributed by atoms with Crippen molar-refractivity contribution in [2.75, 3.05) is 12.3 Å². The number of nitrogens with zero attached hydrogens (tertiary/aromatic N) is 3. The number of hydrogen-bond donors (Lipinski definition) is 1. The second-order valence-corrected chi connectivity index (χ2v) is 6.77. The number of amides is 1. The van der Waals surface area contributed by atoms with Crippen LogP contribution in [0.5, 0.6) is 0 Å². The van der Waals surface area contributed by atoms with Gasteiger partial charge in [0.1, 0.15) is 5.82 Å². The van der Waals surface area contributed by atoms with Crippen molar-refractivity contribution in [3.8, 4) is 0 Å². The van der Waals surface area contributed by atoms with Gasteiger partial charge in [-0.2, -0.15) is 0 Å². The van der Waals surface area contributed by atoms with Crippen LogP contribution in [0.25, 0.3) is 0 Å². The van der Waals surface area contributed by atoms with Gasteiger partial charge in [0, 0.05) is 37.0 Å². The predicted molar refractivity (Wildman–Crippen MR) is 92.6 cm³/mol. The Kier molecular flexibility index (Phi) is 6.35. The van der Waals surface area contributed by atoms with Gasteiger partial charge in [0.15, 0.2) is 10.9 Å². The van der Waals surface area contributed by atoms with E-state index in [1.807, 2.05) is 23.7 Å². The second-order valence-electron chi connectivity index (χ2n) is 4.91. The monoisotopic (exact) mass is 396 g/mol. The summed E-state index contributed by atoms with van der Waals surface area (Å²) >= 11 is 4.70. The first-order valence-corrected chi connectivity index (χ1v) is 8.79. The lowest BCUT2D eigenvalue weighted by Gasteiger charge is -2.04. The van der Waals surface area contributed by atoms with Crippen molar-refractivity contribution in [2.45, 2.75) is 18.5 Å². The average Bonchev–Trinajstić information content (AvgIpc) is 2.86. The van der Waals surface area contributed by atoms with Crippen molar-refractivity contribution in [1.82, 2.24) is 20.1 Å². The number of thioether (sulfide) groups is 1. The molecule has 2 rings (SSSR count). The fourth-order valence-corrected chi connectivity index (χ4v) is 2.98. The molecule has 2 aromatic rings. The molecule has 0 unspecified atom stereocenters. The number of aromatic nitrogens is 3. The predicted octanol–water partition coefficient (Wildman–Crippen LogP) is 2.23. The van der Waals surface area contributed by atoms with Crippen molar-refractivity contribution in [3.05, 3.63) is 40.1 Å². The van der Waals surface area contributed by atoms with E-state index < -0.39 is 0 Å². The summed E-state index contributed by atoms with van der Waals surface area (Å²) in [6.45, 7) is 2.00. The maximum Gasteiger partial charge on any atom is 0.216 e.